The molecule has 2 N–H and O–H groups in total. The van der Waals surface area contributed by atoms with Crippen LogP contribution in [0.3, 0.4) is 0 Å². The first kappa shape index (κ1) is 17.4. The zero-order valence-corrected chi connectivity index (χ0v) is 12.9. The van der Waals surface area contributed by atoms with Crippen molar-refractivity contribution >= 4 is 6.03 Å². The van der Waals surface area contributed by atoms with Gasteiger partial charge in [0, 0.05) is 19.3 Å². The summed E-state index contributed by atoms with van der Waals surface area (Å²) in [5.41, 5.74) is 0. The highest BCUT2D eigenvalue weighted by molar-refractivity contribution is 5.74. The molecule has 1 heterocycles. The molecule has 2 amide bonds. The SMILES string of the molecule is CC(NC(=O)NC(C1CCCC1)C(F)(F)F)C1CCOCC1. The standard InChI is InChI=1S/C15H25F3N2O2/c1-10(11-6-8-22-9-7-11)19-14(21)20-13(15(16,17)18)12-4-2-3-5-12/h10-13H,2-9H2,1H3,(H2,19,20,21). The largest absolute Gasteiger partial charge is 0.408 e. The van der Waals surface area contributed by atoms with E-state index in [4.69, 9.17) is 4.74 Å². The third-order valence-corrected chi connectivity index (χ3v) is 4.84. The summed E-state index contributed by atoms with van der Waals surface area (Å²) in [6, 6.07) is -2.61. The van der Waals surface area contributed by atoms with Crippen LogP contribution in [-0.4, -0.2) is 37.5 Å². The minimum absolute atomic E-state index is 0.152. The van der Waals surface area contributed by atoms with Crippen molar-refractivity contribution < 1.29 is 22.7 Å². The maximum atomic E-state index is 13.2. The van der Waals surface area contributed by atoms with Gasteiger partial charge in [0.05, 0.1) is 0 Å². The molecule has 2 unspecified atom stereocenters. The normalized spacial score (nSPS) is 24.0. The number of nitrogens with one attached hydrogen (secondary N) is 2. The Morgan fingerprint density at radius 3 is 2.18 bits per heavy atom. The molecule has 1 saturated heterocycles. The third-order valence-electron chi connectivity index (χ3n) is 4.84. The summed E-state index contributed by atoms with van der Waals surface area (Å²) in [6.45, 7) is 3.13. The smallest absolute Gasteiger partial charge is 0.381 e. The predicted octanol–water partition coefficient (Wildman–Crippen LogP) is 3.22. The average Bonchev–Trinajstić information content (AvgIpc) is 2.98. The van der Waals surface area contributed by atoms with Crippen molar-refractivity contribution in [1.29, 1.82) is 0 Å². The number of halogens is 3. The summed E-state index contributed by atoms with van der Waals surface area (Å²) in [7, 11) is 0. The first-order chi connectivity index (χ1) is 10.4. The quantitative estimate of drug-likeness (QED) is 0.835. The molecule has 0 radical (unpaired) electrons. The monoisotopic (exact) mass is 322 g/mol. The molecule has 0 aromatic heterocycles. The first-order valence-electron chi connectivity index (χ1n) is 8.09. The third kappa shape index (κ3) is 4.76. The van der Waals surface area contributed by atoms with Crippen molar-refractivity contribution in [1.82, 2.24) is 10.6 Å². The molecule has 0 spiro atoms. The summed E-state index contributed by atoms with van der Waals surface area (Å²) < 4.78 is 44.8. The zero-order valence-electron chi connectivity index (χ0n) is 12.9. The molecule has 22 heavy (non-hydrogen) atoms. The average molecular weight is 322 g/mol. The number of hydrogen-bond acceptors (Lipinski definition) is 2. The van der Waals surface area contributed by atoms with E-state index in [1.807, 2.05) is 6.92 Å². The first-order valence-corrected chi connectivity index (χ1v) is 8.09. The van der Waals surface area contributed by atoms with Gasteiger partial charge in [-0.2, -0.15) is 13.2 Å². The van der Waals surface area contributed by atoms with E-state index in [0.29, 0.717) is 26.1 Å². The van der Waals surface area contributed by atoms with Crippen LogP contribution in [0.2, 0.25) is 0 Å². The van der Waals surface area contributed by atoms with Gasteiger partial charge in [-0.1, -0.05) is 12.8 Å². The van der Waals surface area contributed by atoms with Gasteiger partial charge in [-0.05, 0) is 44.4 Å². The molecule has 2 aliphatic rings. The van der Waals surface area contributed by atoms with E-state index < -0.39 is 24.2 Å². The van der Waals surface area contributed by atoms with Gasteiger partial charge in [0.2, 0.25) is 0 Å². The van der Waals surface area contributed by atoms with Crippen LogP contribution in [0.1, 0.15) is 45.4 Å². The van der Waals surface area contributed by atoms with Crippen molar-refractivity contribution in [2.24, 2.45) is 11.8 Å². The van der Waals surface area contributed by atoms with Gasteiger partial charge in [-0.3, -0.25) is 0 Å². The molecule has 7 heteroatoms. The lowest BCUT2D eigenvalue weighted by Gasteiger charge is -2.31. The van der Waals surface area contributed by atoms with E-state index in [0.717, 1.165) is 25.7 Å². The summed E-state index contributed by atoms with van der Waals surface area (Å²) in [6.07, 6.45) is -0.0776. The Bertz CT molecular complexity index is 364. The van der Waals surface area contributed by atoms with Crippen LogP contribution in [0.15, 0.2) is 0 Å². The lowest BCUT2D eigenvalue weighted by atomic mass is 9.93. The fraction of sp³-hybridized carbons (Fsp3) is 0.933. The van der Waals surface area contributed by atoms with Crippen molar-refractivity contribution in [2.75, 3.05) is 13.2 Å². The molecule has 1 aliphatic carbocycles. The molecular weight excluding hydrogens is 297 g/mol. The fourth-order valence-electron chi connectivity index (χ4n) is 3.48. The van der Waals surface area contributed by atoms with Gasteiger partial charge >= 0.3 is 12.2 Å². The zero-order chi connectivity index (χ0) is 16.2. The van der Waals surface area contributed by atoms with Crippen LogP contribution in [0, 0.1) is 11.8 Å². The van der Waals surface area contributed by atoms with Gasteiger partial charge in [0.25, 0.3) is 0 Å². The van der Waals surface area contributed by atoms with E-state index in [1.54, 1.807) is 0 Å². The maximum absolute atomic E-state index is 13.2. The second-order valence-electron chi connectivity index (χ2n) is 6.42. The highest BCUT2D eigenvalue weighted by atomic mass is 19.4. The van der Waals surface area contributed by atoms with Gasteiger partial charge in [-0.15, -0.1) is 0 Å². The lowest BCUT2D eigenvalue weighted by molar-refractivity contribution is -0.164. The molecule has 128 valence electrons. The van der Waals surface area contributed by atoms with Crippen LogP contribution >= 0.6 is 0 Å². The molecule has 4 nitrogen and oxygen atoms in total. The van der Waals surface area contributed by atoms with Crippen molar-refractivity contribution in [3.05, 3.63) is 0 Å². The number of rotatable bonds is 4. The Balaban J connectivity index is 1.87. The highest BCUT2D eigenvalue weighted by Gasteiger charge is 2.46. The molecule has 1 aliphatic heterocycles. The Morgan fingerprint density at radius 1 is 1.05 bits per heavy atom. The van der Waals surface area contributed by atoms with E-state index in [1.165, 1.54) is 0 Å². The molecule has 0 bridgehead atoms. The topological polar surface area (TPSA) is 50.4 Å². The number of carbonyl (C=O) groups excluding carboxylic acids is 1. The van der Waals surface area contributed by atoms with Crippen LogP contribution < -0.4 is 10.6 Å². The van der Waals surface area contributed by atoms with Crippen LogP contribution in [0.4, 0.5) is 18.0 Å². The summed E-state index contributed by atoms with van der Waals surface area (Å²) >= 11 is 0. The van der Waals surface area contributed by atoms with Crippen LogP contribution in [0.5, 0.6) is 0 Å². The van der Waals surface area contributed by atoms with E-state index in [-0.39, 0.29) is 12.0 Å². The predicted molar refractivity (Wildman–Crippen MR) is 76.5 cm³/mol. The second kappa shape index (κ2) is 7.53. The van der Waals surface area contributed by atoms with Gasteiger partial charge < -0.3 is 15.4 Å². The summed E-state index contributed by atoms with van der Waals surface area (Å²) in [4.78, 5) is 12.0. The number of carbonyl (C=O) groups is 1. The lowest BCUT2D eigenvalue weighted by Crippen LogP contribution is -2.55. The molecule has 2 atom stereocenters. The molecule has 0 aromatic carbocycles. The minimum atomic E-state index is -4.39. The van der Waals surface area contributed by atoms with Crippen LogP contribution in [0.25, 0.3) is 0 Å². The highest BCUT2D eigenvalue weighted by Crippen LogP contribution is 2.35. The maximum Gasteiger partial charge on any atom is 0.408 e. The van der Waals surface area contributed by atoms with E-state index >= 15 is 0 Å². The van der Waals surface area contributed by atoms with E-state index in [2.05, 4.69) is 10.6 Å². The second-order valence-corrected chi connectivity index (χ2v) is 6.42. The number of urea groups is 1. The molecule has 0 aromatic rings. The van der Waals surface area contributed by atoms with E-state index in [9.17, 15) is 18.0 Å². The molecule has 2 rings (SSSR count). The fourth-order valence-corrected chi connectivity index (χ4v) is 3.48. The summed E-state index contributed by atoms with van der Waals surface area (Å²) in [5, 5.41) is 4.83. The van der Waals surface area contributed by atoms with Crippen molar-refractivity contribution in [3.8, 4) is 0 Å². The minimum Gasteiger partial charge on any atom is -0.381 e. The Hall–Kier alpha value is -0.980. The molecule has 2 fully saturated rings. The van der Waals surface area contributed by atoms with Crippen molar-refractivity contribution in [3.63, 3.8) is 0 Å². The number of ether oxygens (including phenoxy) is 1. The van der Waals surface area contributed by atoms with Gasteiger partial charge in [-0.25, -0.2) is 4.79 Å². The molecular formula is C15H25F3N2O2. The number of alkyl halides is 3. The Kier molecular flexibility index (Phi) is 5.94. The van der Waals surface area contributed by atoms with Gasteiger partial charge in [0.15, 0.2) is 0 Å². The number of hydrogen-bond donors (Lipinski definition) is 2. The molecule has 1 saturated carbocycles. The van der Waals surface area contributed by atoms with Crippen LogP contribution in [-0.2, 0) is 4.74 Å². The van der Waals surface area contributed by atoms with Gasteiger partial charge in [0.1, 0.15) is 6.04 Å². The number of amides is 2. The Labute approximate surface area is 129 Å². The summed E-state index contributed by atoms with van der Waals surface area (Å²) in [5.74, 6) is -0.237. The van der Waals surface area contributed by atoms with Crippen molar-refractivity contribution in [2.45, 2.75) is 63.7 Å². The Morgan fingerprint density at radius 2 is 1.64 bits per heavy atom.